The number of hydrogen-bond acceptors (Lipinski definition) is 5. The third kappa shape index (κ3) is 6.71. The van der Waals surface area contributed by atoms with Crippen LogP contribution in [0.4, 0.5) is 0 Å². The van der Waals surface area contributed by atoms with E-state index in [-0.39, 0.29) is 0 Å². The molecule has 0 aliphatic rings. The Morgan fingerprint density at radius 2 is 2.14 bits per heavy atom. The highest BCUT2D eigenvalue weighted by molar-refractivity contribution is 7.88. The topological polar surface area (TPSA) is 86.7 Å². The highest BCUT2D eigenvalue weighted by Crippen LogP contribution is 2.10. The first kappa shape index (κ1) is 18.9. The molecule has 7 nitrogen and oxygen atoms in total. The molecule has 0 spiro atoms. The summed E-state index contributed by atoms with van der Waals surface area (Å²) in [5.41, 5.74) is 0.378. The molecule has 1 aromatic rings. The van der Waals surface area contributed by atoms with Gasteiger partial charge in [-0.3, -0.25) is 4.99 Å². The molecule has 0 aliphatic heterocycles. The Bertz CT molecular complexity index is 622. The zero-order valence-corrected chi connectivity index (χ0v) is 15.6. The fourth-order valence-corrected chi connectivity index (χ4v) is 3.70. The van der Waals surface area contributed by atoms with Crippen molar-refractivity contribution in [1.29, 1.82) is 0 Å². The number of aryl methyl sites for hydroxylation is 1. The molecular formula is C13H25N5O2S2. The molecule has 0 unspecified atom stereocenters. The summed E-state index contributed by atoms with van der Waals surface area (Å²) >= 11 is 1.61. The Hall–Kier alpha value is -1.19. The van der Waals surface area contributed by atoms with E-state index in [1.54, 1.807) is 18.4 Å². The number of aromatic nitrogens is 1. The van der Waals surface area contributed by atoms with Crippen LogP contribution >= 0.6 is 11.3 Å². The molecule has 1 aromatic heterocycles. The van der Waals surface area contributed by atoms with Crippen molar-refractivity contribution in [1.82, 2.24) is 19.9 Å². The van der Waals surface area contributed by atoms with Crippen molar-refractivity contribution >= 4 is 27.3 Å². The predicted octanol–water partition coefficient (Wildman–Crippen LogP) is 0.787. The summed E-state index contributed by atoms with van der Waals surface area (Å²) in [4.78, 5) is 10.6. The zero-order valence-electron chi connectivity index (χ0n) is 14.0. The van der Waals surface area contributed by atoms with Gasteiger partial charge in [0.25, 0.3) is 0 Å². The van der Waals surface area contributed by atoms with Gasteiger partial charge in [0.2, 0.25) is 10.0 Å². The van der Waals surface area contributed by atoms with Gasteiger partial charge in [0, 0.05) is 31.6 Å². The van der Waals surface area contributed by atoms with Crippen molar-refractivity contribution < 1.29 is 8.42 Å². The molecule has 0 bridgehead atoms. The summed E-state index contributed by atoms with van der Waals surface area (Å²) in [7, 11) is 0.360. The van der Waals surface area contributed by atoms with Gasteiger partial charge in [-0.25, -0.2) is 18.1 Å². The number of guanidine groups is 1. The molecule has 2 N–H and O–H groups in total. The fourth-order valence-electron chi connectivity index (χ4n) is 2.02. The third-order valence-electron chi connectivity index (χ3n) is 2.79. The van der Waals surface area contributed by atoms with Crippen molar-refractivity contribution in [3.8, 4) is 0 Å². The molecule has 0 atom stereocenters. The standard InChI is InChI=1S/C13H25N5O2S2/c1-10-16-11(8-21-10)7-18(5)12(14-4)15-9-13(2,3)17-22(6,19)20/h8,17H,7,9H2,1-6H3,(H,14,15). The number of nitrogens with one attached hydrogen (secondary N) is 2. The summed E-state index contributed by atoms with van der Waals surface area (Å²) in [6, 6.07) is 0. The molecule has 0 radical (unpaired) electrons. The van der Waals surface area contributed by atoms with Crippen molar-refractivity contribution in [3.05, 3.63) is 16.1 Å². The Kier molecular flexibility index (Phi) is 6.33. The first-order chi connectivity index (χ1) is 10.0. The second kappa shape index (κ2) is 7.38. The van der Waals surface area contributed by atoms with E-state index in [9.17, 15) is 8.42 Å². The lowest BCUT2D eigenvalue weighted by molar-refractivity contribution is 0.421. The molecule has 0 aliphatic carbocycles. The minimum absolute atomic E-state index is 0.424. The van der Waals surface area contributed by atoms with Gasteiger partial charge in [-0.1, -0.05) is 0 Å². The molecule has 0 saturated heterocycles. The van der Waals surface area contributed by atoms with Crippen LogP contribution in [-0.2, 0) is 16.6 Å². The Morgan fingerprint density at radius 1 is 1.50 bits per heavy atom. The largest absolute Gasteiger partial charge is 0.354 e. The highest BCUT2D eigenvalue weighted by atomic mass is 32.2. The molecular weight excluding hydrogens is 322 g/mol. The van der Waals surface area contributed by atoms with Crippen LogP contribution in [0.3, 0.4) is 0 Å². The fraction of sp³-hybridized carbons (Fsp3) is 0.692. The van der Waals surface area contributed by atoms with Gasteiger partial charge in [0.1, 0.15) is 0 Å². The van der Waals surface area contributed by atoms with Crippen LogP contribution in [0.2, 0.25) is 0 Å². The maximum absolute atomic E-state index is 11.4. The molecule has 126 valence electrons. The van der Waals surface area contributed by atoms with Crippen molar-refractivity contribution in [2.45, 2.75) is 32.9 Å². The average Bonchev–Trinajstić information content (AvgIpc) is 2.72. The third-order valence-corrected chi connectivity index (χ3v) is 4.53. The van der Waals surface area contributed by atoms with Gasteiger partial charge in [-0.15, -0.1) is 11.3 Å². The maximum Gasteiger partial charge on any atom is 0.209 e. The van der Waals surface area contributed by atoms with Gasteiger partial charge in [0.15, 0.2) is 5.96 Å². The predicted molar refractivity (Wildman–Crippen MR) is 91.7 cm³/mol. The van der Waals surface area contributed by atoms with E-state index in [0.717, 1.165) is 17.0 Å². The molecule has 1 heterocycles. The van der Waals surface area contributed by atoms with Crippen LogP contribution in [0.5, 0.6) is 0 Å². The van der Waals surface area contributed by atoms with Crippen molar-refractivity contribution in [3.63, 3.8) is 0 Å². The first-order valence-electron chi connectivity index (χ1n) is 6.84. The monoisotopic (exact) mass is 347 g/mol. The number of thiazole rings is 1. The van der Waals surface area contributed by atoms with Gasteiger partial charge >= 0.3 is 0 Å². The van der Waals surface area contributed by atoms with E-state index in [0.29, 0.717) is 19.0 Å². The Labute approximate surface area is 136 Å². The number of hydrogen-bond donors (Lipinski definition) is 2. The summed E-state index contributed by atoms with van der Waals surface area (Å²) in [6.07, 6.45) is 1.15. The first-order valence-corrected chi connectivity index (χ1v) is 9.61. The van der Waals surface area contributed by atoms with E-state index in [1.165, 1.54) is 0 Å². The van der Waals surface area contributed by atoms with Crippen LogP contribution in [0.1, 0.15) is 24.5 Å². The summed E-state index contributed by atoms with van der Waals surface area (Å²) in [6.45, 7) is 6.67. The van der Waals surface area contributed by atoms with Crippen molar-refractivity contribution in [2.75, 3.05) is 26.9 Å². The number of rotatable bonds is 6. The Balaban J connectivity index is 2.61. The molecule has 22 heavy (non-hydrogen) atoms. The van der Waals surface area contributed by atoms with E-state index < -0.39 is 15.6 Å². The lowest BCUT2D eigenvalue weighted by Crippen LogP contribution is -2.53. The van der Waals surface area contributed by atoms with Gasteiger partial charge in [-0.2, -0.15) is 0 Å². The van der Waals surface area contributed by atoms with Crippen LogP contribution in [-0.4, -0.2) is 56.7 Å². The Morgan fingerprint density at radius 3 is 2.59 bits per heavy atom. The molecule has 0 amide bonds. The van der Waals surface area contributed by atoms with Gasteiger partial charge in [-0.05, 0) is 20.8 Å². The molecule has 0 fully saturated rings. The van der Waals surface area contributed by atoms with E-state index in [2.05, 4.69) is 20.0 Å². The van der Waals surface area contributed by atoms with Crippen LogP contribution in [0, 0.1) is 6.92 Å². The minimum atomic E-state index is -3.25. The van der Waals surface area contributed by atoms with E-state index in [1.807, 2.05) is 38.1 Å². The second-order valence-electron chi connectivity index (χ2n) is 5.87. The highest BCUT2D eigenvalue weighted by Gasteiger charge is 2.23. The van der Waals surface area contributed by atoms with E-state index in [4.69, 9.17) is 0 Å². The molecule has 0 saturated carbocycles. The van der Waals surface area contributed by atoms with Crippen LogP contribution in [0.15, 0.2) is 10.4 Å². The summed E-state index contributed by atoms with van der Waals surface area (Å²) < 4.78 is 25.3. The second-order valence-corrected chi connectivity index (χ2v) is 8.68. The summed E-state index contributed by atoms with van der Waals surface area (Å²) in [5, 5.41) is 6.24. The molecule has 1 rings (SSSR count). The molecule has 0 aromatic carbocycles. The quantitative estimate of drug-likeness (QED) is 0.587. The summed E-state index contributed by atoms with van der Waals surface area (Å²) in [5.74, 6) is 0.689. The lowest BCUT2D eigenvalue weighted by Gasteiger charge is -2.28. The smallest absolute Gasteiger partial charge is 0.209 e. The maximum atomic E-state index is 11.4. The van der Waals surface area contributed by atoms with Crippen LogP contribution < -0.4 is 10.0 Å². The molecule has 9 heteroatoms. The van der Waals surface area contributed by atoms with Crippen molar-refractivity contribution in [2.24, 2.45) is 4.99 Å². The number of nitrogens with zero attached hydrogens (tertiary/aromatic N) is 3. The minimum Gasteiger partial charge on any atom is -0.354 e. The zero-order chi connectivity index (χ0) is 17.0. The van der Waals surface area contributed by atoms with Crippen LogP contribution in [0.25, 0.3) is 0 Å². The van der Waals surface area contributed by atoms with Gasteiger partial charge in [0.05, 0.1) is 23.5 Å². The van der Waals surface area contributed by atoms with E-state index >= 15 is 0 Å². The number of aliphatic imine (C=N–C) groups is 1. The normalized spacial score (nSPS) is 13.3. The lowest BCUT2D eigenvalue weighted by atomic mass is 10.1. The number of sulfonamides is 1. The average molecular weight is 348 g/mol. The SMILES string of the molecule is CN=C(NCC(C)(C)NS(C)(=O)=O)N(C)Cc1csc(C)n1. The van der Waals surface area contributed by atoms with Gasteiger partial charge < -0.3 is 10.2 Å².